The summed E-state index contributed by atoms with van der Waals surface area (Å²) in [5, 5.41) is 10.6. The number of aromatic nitrogens is 2. The van der Waals surface area contributed by atoms with Crippen LogP contribution < -0.4 is 10.1 Å². The van der Waals surface area contributed by atoms with Gasteiger partial charge in [-0.25, -0.2) is 0 Å². The lowest BCUT2D eigenvalue weighted by Crippen LogP contribution is -2.41. The number of nitrogens with one attached hydrogen (secondary N) is 2. The molecule has 21 heavy (non-hydrogen) atoms. The van der Waals surface area contributed by atoms with Gasteiger partial charge in [-0.1, -0.05) is 11.6 Å². The summed E-state index contributed by atoms with van der Waals surface area (Å²) < 4.78 is 5.43. The second-order valence-electron chi connectivity index (χ2n) is 5.12. The number of hydrogen-bond donors (Lipinski definition) is 2. The molecular weight excluding hydrogens is 290 g/mol. The average molecular weight is 306 g/mol. The van der Waals surface area contributed by atoms with E-state index in [0.717, 1.165) is 25.0 Å². The van der Waals surface area contributed by atoms with Crippen molar-refractivity contribution in [2.24, 2.45) is 0 Å². The van der Waals surface area contributed by atoms with Gasteiger partial charge in [0.05, 0.1) is 6.20 Å². The van der Waals surface area contributed by atoms with Crippen LogP contribution in [0.25, 0.3) is 0 Å². The third-order valence-corrected chi connectivity index (χ3v) is 3.82. The monoisotopic (exact) mass is 305 g/mol. The van der Waals surface area contributed by atoms with E-state index in [1.165, 1.54) is 5.56 Å². The van der Waals surface area contributed by atoms with Crippen molar-refractivity contribution in [3.63, 3.8) is 0 Å². The number of hydrogen-bond acceptors (Lipinski definition) is 3. The molecule has 1 unspecified atom stereocenters. The van der Waals surface area contributed by atoms with Crippen molar-refractivity contribution < 1.29 is 9.53 Å². The third-order valence-electron chi connectivity index (χ3n) is 3.57. The van der Waals surface area contributed by atoms with E-state index in [1.54, 1.807) is 24.3 Å². The topological polar surface area (TPSA) is 67.0 Å². The second-order valence-corrected chi connectivity index (χ2v) is 5.56. The van der Waals surface area contributed by atoms with Gasteiger partial charge in [0.25, 0.3) is 5.91 Å². The van der Waals surface area contributed by atoms with Crippen molar-refractivity contribution in [2.75, 3.05) is 6.61 Å². The Bertz CT molecular complexity index is 624. The lowest BCUT2D eigenvalue weighted by molar-refractivity contribution is -0.123. The molecule has 110 valence electrons. The van der Waals surface area contributed by atoms with Crippen LogP contribution in [-0.4, -0.2) is 28.8 Å². The highest BCUT2D eigenvalue weighted by molar-refractivity contribution is 6.30. The van der Waals surface area contributed by atoms with Crippen LogP contribution in [0.15, 0.2) is 30.5 Å². The number of carbonyl (C=O) groups excluding carboxylic acids is 1. The van der Waals surface area contributed by atoms with Crippen LogP contribution in [0, 0.1) is 0 Å². The van der Waals surface area contributed by atoms with Crippen molar-refractivity contribution in [3.8, 4) is 5.75 Å². The summed E-state index contributed by atoms with van der Waals surface area (Å²) in [7, 11) is 0. The molecule has 3 rings (SSSR count). The number of rotatable bonds is 4. The smallest absolute Gasteiger partial charge is 0.258 e. The molecule has 2 N–H and O–H groups in total. The molecule has 0 aliphatic heterocycles. The van der Waals surface area contributed by atoms with Gasteiger partial charge in [-0.05, 0) is 42.7 Å². The third kappa shape index (κ3) is 3.55. The van der Waals surface area contributed by atoms with Crippen molar-refractivity contribution in [1.82, 2.24) is 15.5 Å². The lowest BCUT2D eigenvalue weighted by atomic mass is 9.94. The second kappa shape index (κ2) is 6.18. The van der Waals surface area contributed by atoms with Crippen LogP contribution in [-0.2, 0) is 17.6 Å². The molecule has 1 heterocycles. The van der Waals surface area contributed by atoms with Crippen molar-refractivity contribution in [2.45, 2.75) is 25.3 Å². The Kier molecular flexibility index (Phi) is 4.10. The minimum absolute atomic E-state index is 0.00790. The summed E-state index contributed by atoms with van der Waals surface area (Å²) in [4.78, 5) is 11.9. The number of H-pyrrole nitrogens is 1. The summed E-state index contributed by atoms with van der Waals surface area (Å²) in [6.45, 7) is 0.00790. The Hall–Kier alpha value is -2.01. The maximum Gasteiger partial charge on any atom is 0.258 e. The molecule has 5 nitrogen and oxygen atoms in total. The highest BCUT2D eigenvalue weighted by Crippen LogP contribution is 2.19. The quantitative estimate of drug-likeness (QED) is 0.909. The molecule has 0 fully saturated rings. The van der Waals surface area contributed by atoms with E-state index in [9.17, 15) is 4.79 Å². The largest absolute Gasteiger partial charge is 0.484 e. The van der Waals surface area contributed by atoms with Crippen LogP contribution in [0.5, 0.6) is 5.75 Å². The lowest BCUT2D eigenvalue weighted by Gasteiger charge is -2.22. The van der Waals surface area contributed by atoms with Gasteiger partial charge >= 0.3 is 0 Å². The van der Waals surface area contributed by atoms with Crippen molar-refractivity contribution >= 4 is 17.5 Å². The number of ether oxygens (including phenoxy) is 1. The van der Waals surface area contributed by atoms with Crippen LogP contribution in [0.2, 0.25) is 5.02 Å². The number of halogens is 1. The molecule has 0 saturated carbocycles. The molecule has 1 aliphatic carbocycles. The minimum Gasteiger partial charge on any atom is -0.484 e. The Balaban J connectivity index is 1.47. The molecule has 1 atom stereocenters. The highest BCUT2D eigenvalue weighted by atomic mass is 35.5. The van der Waals surface area contributed by atoms with E-state index in [0.29, 0.717) is 10.8 Å². The van der Waals surface area contributed by atoms with Gasteiger partial charge in [0.2, 0.25) is 0 Å². The fourth-order valence-corrected chi connectivity index (χ4v) is 2.61. The minimum atomic E-state index is -0.113. The van der Waals surface area contributed by atoms with E-state index in [2.05, 4.69) is 15.5 Å². The predicted octanol–water partition coefficient (Wildman–Crippen LogP) is 2.12. The fourth-order valence-electron chi connectivity index (χ4n) is 2.48. The molecule has 1 aromatic heterocycles. The van der Waals surface area contributed by atoms with E-state index in [1.807, 2.05) is 6.20 Å². The Labute approximate surface area is 127 Å². The first kappa shape index (κ1) is 13.9. The van der Waals surface area contributed by atoms with Crippen LogP contribution in [0.3, 0.4) is 0 Å². The summed E-state index contributed by atoms with van der Waals surface area (Å²) in [6.07, 6.45) is 4.52. The van der Waals surface area contributed by atoms with E-state index in [-0.39, 0.29) is 18.6 Å². The van der Waals surface area contributed by atoms with Gasteiger partial charge in [-0.2, -0.15) is 5.10 Å². The number of aromatic amines is 1. The van der Waals surface area contributed by atoms with Gasteiger partial charge in [-0.3, -0.25) is 9.89 Å². The molecule has 0 bridgehead atoms. The van der Waals surface area contributed by atoms with Gasteiger partial charge in [-0.15, -0.1) is 0 Å². The van der Waals surface area contributed by atoms with Gasteiger partial charge in [0.15, 0.2) is 6.61 Å². The molecule has 6 heteroatoms. The van der Waals surface area contributed by atoms with Gasteiger partial charge in [0.1, 0.15) is 5.75 Å². The molecule has 1 aromatic carbocycles. The number of fused-ring (bicyclic) bond motifs is 1. The standard InChI is InChI=1S/C15H16ClN3O2/c16-11-2-5-13(6-3-11)21-9-15(20)18-12-4-1-10-8-17-19-14(10)7-12/h2-3,5-6,8,12H,1,4,7,9H2,(H,17,19)(H,18,20). The Morgan fingerprint density at radius 2 is 2.24 bits per heavy atom. The molecule has 0 radical (unpaired) electrons. The molecule has 0 spiro atoms. The Morgan fingerprint density at radius 3 is 3.05 bits per heavy atom. The maximum atomic E-state index is 11.9. The zero-order valence-electron chi connectivity index (χ0n) is 11.4. The molecule has 0 saturated heterocycles. The summed E-state index contributed by atoms with van der Waals surface area (Å²) in [5.74, 6) is 0.520. The number of carbonyl (C=O) groups is 1. The highest BCUT2D eigenvalue weighted by Gasteiger charge is 2.21. The molecular formula is C15H16ClN3O2. The fraction of sp³-hybridized carbons (Fsp3) is 0.333. The van der Waals surface area contributed by atoms with E-state index in [4.69, 9.17) is 16.3 Å². The number of aryl methyl sites for hydroxylation is 1. The normalized spacial score (nSPS) is 17.1. The zero-order valence-corrected chi connectivity index (χ0v) is 12.2. The molecule has 2 aromatic rings. The Morgan fingerprint density at radius 1 is 1.43 bits per heavy atom. The molecule has 1 amide bonds. The average Bonchev–Trinajstić information content (AvgIpc) is 2.94. The van der Waals surface area contributed by atoms with Crippen LogP contribution >= 0.6 is 11.6 Å². The SMILES string of the molecule is O=C(COc1ccc(Cl)cc1)NC1CCc2cn[nH]c2C1. The zero-order chi connectivity index (χ0) is 14.7. The first-order chi connectivity index (χ1) is 10.2. The summed E-state index contributed by atoms with van der Waals surface area (Å²) >= 11 is 5.79. The predicted molar refractivity (Wildman–Crippen MR) is 79.5 cm³/mol. The number of benzene rings is 1. The summed E-state index contributed by atoms with van der Waals surface area (Å²) in [6, 6.07) is 7.09. The first-order valence-electron chi connectivity index (χ1n) is 6.89. The van der Waals surface area contributed by atoms with Crippen LogP contribution in [0.1, 0.15) is 17.7 Å². The van der Waals surface area contributed by atoms with Gasteiger partial charge in [0, 0.05) is 23.2 Å². The first-order valence-corrected chi connectivity index (χ1v) is 7.27. The van der Waals surface area contributed by atoms with E-state index < -0.39 is 0 Å². The maximum absolute atomic E-state index is 11.9. The molecule has 1 aliphatic rings. The van der Waals surface area contributed by atoms with Crippen molar-refractivity contribution in [1.29, 1.82) is 0 Å². The van der Waals surface area contributed by atoms with Gasteiger partial charge < -0.3 is 10.1 Å². The number of nitrogens with zero attached hydrogens (tertiary/aromatic N) is 1. The summed E-state index contributed by atoms with van der Waals surface area (Å²) in [5.41, 5.74) is 2.36. The number of amides is 1. The van der Waals surface area contributed by atoms with Crippen LogP contribution in [0.4, 0.5) is 0 Å². The van der Waals surface area contributed by atoms with E-state index >= 15 is 0 Å². The van der Waals surface area contributed by atoms with Crippen molar-refractivity contribution in [3.05, 3.63) is 46.7 Å².